The number of anilines is 1. The monoisotopic (exact) mass is 404 g/mol. The minimum Gasteiger partial charge on any atom is -0.497 e. The number of hydrogen-bond acceptors (Lipinski definition) is 4. The molecule has 1 fully saturated rings. The molecule has 2 amide bonds. The van der Waals surface area contributed by atoms with Crippen LogP contribution in [0, 0.1) is 0 Å². The number of ether oxygens (including phenoxy) is 1. The fraction of sp³-hybridized carbons (Fsp3) is 0.300. The zero-order chi connectivity index (χ0) is 19.2. The molecule has 1 atom stereocenters. The molecule has 0 spiro atoms. The van der Waals surface area contributed by atoms with Crippen LogP contribution in [0.2, 0.25) is 5.02 Å². The smallest absolute Gasteiger partial charge is 0.247 e. The van der Waals surface area contributed by atoms with Gasteiger partial charge in [0.1, 0.15) is 11.8 Å². The van der Waals surface area contributed by atoms with Crippen LogP contribution in [0.3, 0.4) is 0 Å². The van der Waals surface area contributed by atoms with Gasteiger partial charge in [0.25, 0.3) is 0 Å². The van der Waals surface area contributed by atoms with Crippen molar-refractivity contribution in [2.24, 2.45) is 0 Å². The molecule has 0 aromatic heterocycles. The number of carbonyl (C=O) groups excluding carboxylic acids is 2. The molecule has 2 aromatic rings. The fourth-order valence-corrected chi connectivity index (χ4v) is 3.91. The highest BCUT2D eigenvalue weighted by Gasteiger charge is 2.33. The number of carbonyl (C=O) groups is 2. The average Bonchev–Trinajstić information content (AvgIpc) is 3.18. The van der Waals surface area contributed by atoms with Crippen molar-refractivity contribution in [3.05, 3.63) is 53.6 Å². The normalized spacial score (nSPS) is 16.2. The van der Waals surface area contributed by atoms with Crippen molar-refractivity contribution >= 4 is 40.9 Å². The molecule has 2 aromatic carbocycles. The van der Waals surface area contributed by atoms with E-state index in [1.165, 1.54) is 11.8 Å². The van der Waals surface area contributed by atoms with E-state index >= 15 is 0 Å². The molecule has 1 aliphatic rings. The van der Waals surface area contributed by atoms with Gasteiger partial charge in [-0.2, -0.15) is 0 Å². The number of benzene rings is 2. The van der Waals surface area contributed by atoms with Gasteiger partial charge in [0.15, 0.2) is 0 Å². The standard InChI is InChI=1S/C20H21ClN2O3S/c1-26-16-8-6-15(7-9-16)22-20(25)18-3-2-12-23(18)19(24)13-27-17-10-4-14(21)5-11-17/h4-11,18H,2-3,12-13H2,1H3,(H,22,25). The summed E-state index contributed by atoms with van der Waals surface area (Å²) in [5, 5.41) is 3.56. The number of methoxy groups -OCH3 is 1. The SMILES string of the molecule is COc1ccc(NC(=O)C2CCCN2C(=O)CSc2ccc(Cl)cc2)cc1. The quantitative estimate of drug-likeness (QED) is 0.737. The van der Waals surface area contributed by atoms with Crippen LogP contribution in [0.25, 0.3) is 0 Å². The van der Waals surface area contributed by atoms with Crippen molar-refractivity contribution in [1.82, 2.24) is 4.90 Å². The topological polar surface area (TPSA) is 58.6 Å². The summed E-state index contributed by atoms with van der Waals surface area (Å²) in [5.41, 5.74) is 0.690. The summed E-state index contributed by atoms with van der Waals surface area (Å²) in [7, 11) is 1.59. The number of halogens is 1. The number of hydrogen-bond donors (Lipinski definition) is 1. The van der Waals surface area contributed by atoms with Crippen LogP contribution in [0.15, 0.2) is 53.4 Å². The fourth-order valence-electron chi connectivity index (χ4n) is 3.00. The van der Waals surface area contributed by atoms with Crippen LogP contribution in [-0.4, -0.2) is 42.2 Å². The van der Waals surface area contributed by atoms with Gasteiger partial charge in [-0.3, -0.25) is 9.59 Å². The molecular formula is C20H21ClN2O3S. The summed E-state index contributed by atoms with van der Waals surface area (Å²) in [6.45, 7) is 0.612. The lowest BCUT2D eigenvalue weighted by Gasteiger charge is -2.24. The van der Waals surface area contributed by atoms with Crippen LogP contribution in [0.4, 0.5) is 5.69 Å². The van der Waals surface area contributed by atoms with E-state index in [4.69, 9.17) is 16.3 Å². The van der Waals surface area contributed by atoms with E-state index in [0.717, 1.165) is 17.1 Å². The minimum absolute atomic E-state index is 0.0256. The lowest BCUT2D eigenvalue weighted by molar-refractivity contribution is -0.134. The summed E-state index contributed by atoms with van der Waals surface area (Å²) >= 11 is 7.33. The maximum absolute atomic E-state index is 12.6. The van der Waals surface area contributed by atoms with Gasteiger partial charge in [-0.05, 0) is 61.4 Å². The predicted molar refractivity (Wildman–Crippen MR) is 109 cm³/mol. The molecule has 0 bridgehead atoms. The molecule has 1 unspecified atom stereocenters. The molecule has 0 saturated carbocycles. The van der Waals surface area contributed by atoms with Crippen LogP contribution in [-0.2, 0) is 9.59 Å². The molecular weight excluding hydrogens is 384 g/mol. The van der Waals surface area contributed by atoms with E-state index in [0.29, 0.717) is 29.4 Å². The Labute approximate surface area is 168 Å². The van der Waals surface area contributed by atoms with Crippen molar-refractivity contribution in [3.8, 4) is 5.75 Å². The Bertz CT molecular complexity index is 796. The molecule has 142 valence electrons. The van der Waals surface area contributed by atoms with E-state index in [-0.39, 0.29) is 11.8 Å². The second kappa shape index (κ2) is 9.15. The van der Waals surface area contributed by atoms with Crippen molar-refractivity contribution in [3.63, 3.8) is 0 Å². The first kappa shape index (κ1) is 19.6. The van der Waals surface area contributed by atoms with Crippen LogP contribution >= 0.6 is 23.4 Å². The average molecular weight is 405 g/mol. The third kappa shape index (κ3) is 5.17. The maximum atomic E-state index is 12.6. The van der Waals surface area contributed by atoms with E-state index in [2.05, 4.69) is 5.32 Å². The third-order valence-electron chi connectivity index (χ3n) is 4.41. The number of thioether (sulfide) groups is 1. The van der Waals surface area contributed by atoms with E-state index in [1.807, 2.05) is 12.1 Å². The second-order valence-electron chi connectivity index (χ2n) is 6.21. The Morgan fingerprint density at radius 2 is 1.89 bits per heavy atom. The molecule has 1 heterocycles. The number of nitrogens with zero attached hydrogens (tertiary/aromatic N) is 1. The first-order valence-electron chi connectivity index (χ1n) is 8.69. The zero-order valence-corrected chi connectivity index (χ0v) is 16.6. The summed E-state index contributed by atoms with van der Waals surface area (Å²) in [6.07, 6.45) is 1.51. The van der Waals surface area contributed by atoms with Crippen molar-refractivity contribution in [2.45, 2.75) is 23.8 Å². The molecule has 1 aliphatic heterocycles. The Morgan fingerprint density at radius 1 is 1.19 bits per heavy atom. The first-order chi connectivity index (χ1) is 13.1. The molecule has 0 aliphatic carbocycles. The molecule has 5 nitrogen and oxygen atoms in total. The highest BCUT2D eigenvalue weighted by Crippen LogP contribution is 2.24. The minimum atomic E-state index is -0.426. The zero-order valence-electron chi connectivity index (χ0n) is 15.0. The van der Waals surface area contributed by atoms with Gasteiger partial charge in [0.2, 0.25) is 11.8 Å². The summed E-state index contributed by atoms with van der Waals surface area (Å²) in [5.74, 6) is 0.850. The third-order valence-corrected chi connectivity index (χ3v) is 5.66. The van der Waals surface area contributed by atoms with Gasteiger partial charge in [0.05, 0.1) is 12.9 Å². The van der Waals surface area contributed by atoms with Crippen molar-refractivity contribution in [1.29, 1.82) is 0 Å². The van der Waals surface area contributed by atoms with Crippen LogP contribution in [0.5, 0.6) is 5.75 Å². The van der Waals surface area contributed by atoms with E-state index in [1.54, 1.807) is 48.4 Å². The maximum Gasteiger partial charge on any atom is 0.247 e. The molecule has 0 radical (unpaired) electrons. The van der Waals surface area contributed by atoms with Gasteiger partial charge < -0.3 is 15.0 Å². The lowest BCUT2D eigenvalue weighted by atomic mass is 10.2. The van der Waals surface area contributed by atoms with E-state index in [9.17, 15) is 9.59 Å². The van der Waals surface area contributed by atoms with Gasteiger partial charge >= 0.3 is 0 Å². The molecule has 7 heteroatoms. The molecule has 1 N–H and O–H groups in total. The van der Waals surface area contributed by atoms with Gasteiger partial charge in [-0.15, -0.1) is 11.8 Å². The Morgan fingerprint density at radius 3 is 2.56 bits per heavy atom. The summed E-state index contributed by atoms with van der Waals surface area (Å²) < 4.78 is 5.12. The highest BCUT2D eigenvalue weighted by atomic mass is 35.5. The Hall–Kier alpha value is -2.18. The number of nitrogens with one attached hydrogen (secondary N) is 1. The Balaban J connectivity index is 1.57. The Kier molecular flexibility index (Phi) is 6.63. The number of likely N-dealkylation sites (tertiary alicyclic amines) is 1. The first-order valence-corrected chi connectivity index (χ1v) is 10.1. The van der Waals surface area contributed by atoms with Crippen molar-refractivity contribution in [2.75, 3.05) is 24.7 Å². The predicted octanol–water partition coefficient (Wildman–Crippen LogP) is 4.07. The molecule has 1 saturated heterocycles. The van der Waals surface area contributed by atoms with Gasteiger partial charge in [-0.1, -0.05) is 11.6 Å². The van der Waals surface area contributed by atoms with E-state index < -0.39 is 6.04 Å². The molecule has 27 heavy (non-hydrogen) atoms. The number of rotatable bonds is 6. The van der Waals surface area contributed by atoms with Gasteiger partial charge in [0, 0.05) is 22.2 Å². The van der Waals surface area contributed by atoms with Crippen LogP contribution in [0.1, 0.15) is 12.8 Å². The van der Waals surface area contributed by atoms with Gasteiger partial charge in [-0.25, -0.2) is 0 Å². The highest BCUT2D eigenvalue weighted by molar-refractivity contribution is 8.00. The number of amides is 2. The molecule has 3 rings (SSSR count). The van der Waals surface area contributed by atoms with Crippen LogP contribution < -0.4 is 10.1 Å². The van der Waals surface area contributed by atoms with Crippen molar-refractivity contribution < 1.29 is 14.3 Å². The largest absolute Gasteiger partial charge is 0.497 e. The lowest BCUT2D eigenvalue weighted by Crippen LogP contribution is -2.43. The second-order valence-corrected chi connectivity index (χ2v) is 7.69. The summed E-state index contributed by atoms with van der Waals surface area (Å²) in [6, 6.07) is 14.1. The summed E-state index contributed by atoms with van der Waals surface area (Å²) in [4.78, 5) is 27.9.